The SMILES string of the molecule is Cc1cc(-c2ccc(C#N)cc2)nc(-c2cccc(-c3cccc(S(N)(=O)=O)c3)n2)n1. The Kier molecular flexibility index (Phi) is 5.29. The van der Waals surface area contributed by atoms with Crippen LogP contribution in [0.3, 0.4) is 0 Å². The van der Waals surface area contributed by atoms with Gasteiger partial charge in [-0.05, 0) is 49.4 Å². The van der Waals surface area contributed by atoms with Gasteiger partial charge >= 0.3 is 0 Å². The summed E-state index contributed by atoms with van der Waals surface area (Å²) < 4.78 is 23.3. The van der Waals surface area contributed by atoms with E-state index < -0.39 is 10.0 Å². The second-order valence-corrected chi connectivity index (χ2v) is 8.45. The molecule has 0 saturated heterocycles. The molecule has 0 aliphatic heterocycles. The highest BCUT2D eigenvalue weighted by molar-refractivity contribution is 7.89. The molecule has 2 N–H and O–H groups in total. The van der Waals surface area contributed by atoms with Crippen LogP contribution in [0, 0.1) is 18.3 Å². The summed E-state index contributed by atoms with van der Waals surface area (Å²) in [5.41, 5.74) is 4.68. The Bertz CT molecular complexity index is 1430. The van der Waals surface area contributed by atoms with E-state index in [1.165, 1.54) is 12.1 Å². The van der Waals surface area contributed by atoms with Crippen LogP contribution in [0.2, 0.25) is 0 Å². The standard InChI is InChI=1S/C23H17N5O2S/c1-15-12-22(17-10-8-16(14-24)9-11-17)28-23(26-15)21-7-3-6-20(27-21)18-4-2-5-19(13-18)31(25,29)30/h2-13H,1H3,(H2,25,29,30). The van der Waals surface area contributed by atoms with E-state index in [9.17, 15) is 8.42 Å². The molecule has 0 aliphatic rings. The molecule has 0 spiro atoms. The number of pyridine rings is 1. The molecule has 0 bridgehead atoms. The smallest absolute Gasteiger partial charge is 0.238 e. The Labute approximate surface area is 179 Å². The number of aryl methyl sites for hydroxylation is 1. The third kappa shape index (κ3) is 4.48. The summed E-state index contributed by atoms with van der Waals surface area (Å²) in [7, 11) is -3.82. The first-order chi connectivity index (χ1) is 14.8. The van der Waals surface area contributed by atoms with Gasteiger partial charge in [-0.15, -0.1) is 0 Å². The number of aromatic nitrogens is 3. The Hall–Kier alpha value is -3.93. The summed E-state index contributed by atoms with van der Waals surface area (Å²) in [5, 5.41) is 14.2. The molecule has 2 heterocycles. The zero-order valence-electron chi connectivity index (χ0n) is 16.5. The van der Waals surface area contributed by atoms with Crippen molar-refractivity contribution in [3.63, 3.8) is 0 Å². The number of primary sulfonamides is 1. The van der Waals surface area contributed by atoms with E-state index in [1.807, 2.05) is 31.2 Å². The number of hydrogen-bond acceptors (Lipinski definition) is 6. The molecule has 152 valence electrons. The van der Waals surface area contributed by atoms with Crippen LogP contribution in [-0.4, -0.2) is 23.4 Å². The molecule has 4 rings (SSSR count). The molecule has 0 unspecified atom stereocenters. The molecule has 31 heavy (non-hydrogen) atoms. The summed E-state index contributed by atoms with van der Waals surface area (Å²) in [6.45, 7) is 1.87. The fourth-order valence-electron chi connectivity index (χ4n) is 3.10. The van der Waals surface area contributed by atoms with Crippen LogP contribution >= 0.6 is 0 Å². The number of benzene rings is 2. The lowest BCUT2D eigenvalue weighted by Gasteiger charge is -2.08. The Balaban J connectivity index is 1.76. The average Bonchev–Trinajstić information content (AvgIpc) is 2.78. The first-order valence-electron chi connectivity index (χ1n) is 9.30. The minimum atomic E-state index is -3.82. The topological polar surface area (TPSA) is 123 Å². The molecule has 8 heteroatoms. The van der Waals surface area contributed by atoms with Gasteiger partial charge in [0.05, 0.1) is 27.9 Å². The first kappa shape index (κ1) is 20.3. The Morgan fingerprint density at radius 1 is 0.806 bits per heavy atom. The van der Waals surface area contributed by atoms with E-state index in [0.717, 1.165) is 17.0 Å². The molecule has 2 aromatic heterocycles. The zero-order chi connectivity index (χ0) is 22.0. The lowest BCUT2D eigenvalue weighted by atomic mass is 10.1. The highest BCUT2D eigenvalue weighted by Gasteiger charge is 2.12. The average molecular weight is 427 g/mol. The summed E-state index contributed by atoms with van der Waals surface area (Å²) in [4.78, 5) is 13.8. The van der Waals surface area contributed by atoms with E-state index in [1.54, 1.807) is 36.4 Å². The van der Waals surface area contributed by atoms with Crippen molar-refractivity contribution >= 4 is 10.0 Å². The van der Waals surface area contributed by atoms with Gasteiger partial charge in [-0.2, -0.15) is 5.26 Å². The summed E-state index contributed by atoms with van der Waals surface area (Å²) in [6.07, 6.45) is 0. The zero-order valence-corrected chi connectivity index (χ0v) is 17.3. The predicted octanol–water partition coefficient (Wildman–Crippen LogP) is 3.70. The maximum Gasteiger partial charge on any atom is 0.238 e. The molecular formula is C23H17N5O2S. The first-order valence-corrected chi connectivity index (χ1v) is 10.8. The van der Waals surface area contributed by atoms with Crippen LogP contribution in [0.25, 0.3) is 34.0 Å². The maximum absolute atomic E-state index is 11.7. The van der Waals surface area contributed by atoms with Gasteiger partial charge in [0.2, 0.25) is 10.0 Å². The van der Waals surface area contributed by atoms with Crippen molar-refractivity contribution < 1.29 is 8.42 Å². The summed E-state index contributed by atoms with van der Waals surface area (Å²) in [6, 6.07) is 22.8. The molecule has 0 fully saturated rings. The van der Waals surface area contributed by atoms with E-state index in [0.29, 0.717) is 28.3 Å². The fourth-order valence-corrected chi connectivity index (χ4v) is 3.66. The van der Waals surface area contributed by atoms with Crippen LogP contribution < -0.4 is 5.14 Å². The van der Waals surface area contributed by atoms with Crippen LogP contribution in [0.4, 0.5) is 0 Å². The number of sulfonamides is 1. The van der Waals surface area contributed by atoms with Crippen LogP contribution in [0.1, 0.15) is 11.3 Å². The fraction of sp³-hybridized carbons (Fsp3) is 0.0435. The highest BCUT2D eigenvalue weighted by Crippen LogP contribution is 2.25. The lowest BCUT2D eigenvalue weighted by Crippen LogP contribution is -2.12. The van der Waals surface area contributed by atoms with Gasteiger partial charge in [-0.25, -0.2) is 28.5 Å². The largest absolute Gasteiger partial charge is 0.244 e. The van der Waals surface area contributed by atoms with Crippen molar-refractivity contribution in [1.29, 1.82) is 5.26 Å². The molecule has 0 amide bonds. The minimum absolute atomic E-state index is 0.0205. The van der Waals surface area contributed by atoms with E-state index in [2.05, 4.69) is 21.0 Å². The highest BCUT2D eigenvalue weighted by atomic mass is 32.2. The van der Waals surface area contributed by atoms with Crippen LogP contribution in [0.15, 0.2) is 77.7 Å². The number of nitrogens with zero attached hydrogens (tertiary/aromatic N) is 4. The number of nitriles is 1. The molecular weight excluding hydrogens is 410 g/mol. The van der Waals surface area contributed by atoms with Crippen molar-refractivity contribution in [3.05, 3.63) is 84.1 Å². The second-order valence-electron chi connectivity index (χ2n) is 6.89. The van der Waals surface area contributed by atoms with E-state index in [-0.39, 0.29) is 4.90 Å². The molecule has 0 saturated carbocycles. The van der Waals surface area contributed by atoms with Gasteiger partial charge < -0.3 is 0 Å². The molecule has 2 aromatic carbocycles. The van der Waals surface area contributed by atoms with Gasteiger partial charge in [0, 0.05) is 16.8 Å². The van der Waals surface area contributed by atoms with Gasteiger partial charge in [0.15, 0.2) is 5.82 Å². The van der Waals surface area contributed by atoms with Crippen molar-refractivity contribution in [2.45, 2.75) is 11.8 Å². The number of nitrogens with two attached hydrogens (primary N) is 1. The third-order valence-corrected chi connectivity index (χ3v) is 5.51. The Morgan fingerprint density at radius 3 is 2.23 bits per heavy atom. The Morgan fingerprint density at radius 2 is 1.52 bits per heavy atom. The van der Waals surface area contributed by atoms with Crippen molar-refractivity contribution in [2.24, 2.45) is 5.14 Å². The maximum atomic E-state index is 11.7. The molecule has 4 aromatic rings. The van der Waals surface area contributed by atoms with Crippen molar-refractivity contribution in [3.8, 4) is 40.1 Å². The number of hydrogen-bond donors (Lipinski definition) is 1. The lowest BCUT2D eigenvalue weighted by molar-refractivity contribution is 0.598. The van der Waals surface area contributed by atoms with E-state index in [4.69, 9.17) is 10.4 Å². The second kappa shape index (κ2) is 8.07. The van der Waals surface area contributed by atoms with Gasteiger partial charge in [0.1, 0.15) is 5.69 Å². The van der Waals surface area contributed by atoms with Crippen molar-refractivity contribution in [1.82, 2.24) is 15.0 Å². The van der Waals surface area contributed by atoms with Crippen molar-refractivity contribution in [2.75, 3.05) is 0 Å². The van der Waals surface area contributed by atoms with Crippen LogP contribution in [-0.2, 0) is 10.0 Å². The number of rotatable bonds is 4. The molecule has 0 radical (unpaired) electrons. The predicted molar refractivity (Wildman–Crippen MR) is 117 cm³/mol. The molecule has 0 aliphatic carbocycles. The summed E-state index contributed by atoms with van der Waals surface area (Å²) >= 11 is 0. The van der Waals surface area contributed by atoms with Gasteiger partial charge in [0.25, 0.3) is 0 Å². The third-order valence-electron chi connectivity index (χ3n) is 4.60. The quantitative estimate of drug-likeness (QED) is 0.530. The van der Waals surface area contributed by atoms with E-state index >= 15 is 0 Å². The minimum Gasteiger partial charge on any atom is -0.244 e. The molecule has 0 atom stereocenters. The van der Waals surface area contributed by atoms with Gasteiger partial charge in [-0.3, -0.25) is 0 Å². The monoisotopic (exact) mass is 427 g/mol. The summed E-state index contributed by atoms with van der Waals surface area (Å²) in [5.74, 6) is 0.448. The van der Waals surface area contributed by atoms with Gasteiger partial charge in [-0.1, -0.05) is 30.3 Å². The molecule has 7 nitrogen and oxygen atoms in total. The normalized spacial score (nSPS) is 11.1. The van der Waals surface area contributed by atoms with Crippen LogP contribution in [0.5, 0.6) is 0 Å².